The van der Waals surface area contributed by atoms with E-state index in [2.05, 4.69) is 30.0 Å². The Kier molecular flexibility index (Phi) is 5.12. The Morgan fingerprint density at radius 2 is 1.71 bits per heavy atom. The molecule has 0 saturated heterocycles. The lowest BCUT2D eigenvalue weighted by Crippen LogP contribution is -2.33. The van der Waals surface area contributed by atoms with E-state index in [0.717, 1.165) is 12.1 Å². The summed E-state index contributed by atoms with van der Waals surface area (Å²) in [5.41, 5.74) is 3.18. The molecule has 0 atom stereocenters. The Morgan fingerprint density at radius 3 is 2.33 bits per heavy atom. The topological polar surface area (TPSA) is 43.7 Å². The van der Waals surface area contributed by atoms with Gasteiger partial charge in [0.1, 0.15) is 5.82 Å². The molecule has 2 aromatic rings. The number of rotatable bonds is 5. The average molecular weight is 287 g/mol. The van der Waals surface area contributed by atoms with Gasteiger partial charge in [-0.15, -0.1) is 0 Å². The zero-order chi connectivity index (χ0) is 15.4. The van der Waals surface area contributed by atoms with Crippen molar-refractivity contribution in [1.82, 2.24) is 4.90 Å². The Labute approximate surface area is 124 Å². The van der Waals surface area contributed by atoms with Crippen molar-refractivity contribution in [1.29, 1.82) is 0 Å². The summed E-state index contributed by atoms with van der Waals surface area (Å²) in [6.07, 6.45) is 0. The fraction of sp³-hybridized carbons (Fsp3) is 0.250. The third kappa shape index (κ3) is 4.39. The standard InChI is InChI=1S/C16H19BFNO2/c1-12-4-3-5-13(8-12)10-19(2)11-14-6-7-16(18)15(9-14)17(20)21/h3-9,20-21H,10-11H2,1-2H3. The van der Waals surface area contributed by atoms with Gasteiger partial charge in [-0.3, -0.25) is 4.90 Å². The molecule has 0 saturated carbocycles. The van der Waals surface area contributed by atoms with Crippen molar-refractivity contribution in [3.8, 4) is 0 Å². The first kappa shape index (κ1) is 15.7. The van der Waals surface area contributed by atoms with Gasteiger partial charge in [0, 0.05) is 18.6 Å². The van der Waals surface area contributed by atoms with Crippen LogP contribution in [0.1, 0.15) is 16.7 Å². The maximum absolute atomic E-state index is 13.4. The van der Waals surface area contributed by atoms with E-state index in [9.17, 15) is 4.39 Å². The van der Waals surface area contributed by atoms with Crippen LogP contribution in [0.4, 0.5) is 4.39 Å². The van der Waals surface area contributed by atoms with Crippen LogP contribution >= 0.6 is 0 Å². The van der Waals surface area contributed by atoms with Gasteiger partial charge >= 0.3 is 7.12 Å². The molecule has 0 aliphatic rings. The van der Waals surface area contributed by atoms with Crippen LogP contribution in [0.25, 0.3) is 0 Å². The molecule has 0 bridgehead atoms. The minimum Gasteiger partial charge on any atom is -0.423 e. The normalized spacial score (nSPS) is 11.0. The smallest absolute Gasteiger partial charge is 0.423 e. The third-order valence-electron chi connectivity index (χ3n) is 3.33. The highest BCUT2D eigenvalue weighted by atomic mass is 19.1. The van der Waals surface area contributed by atoms with Crippen LogP contribution in [-0.2, 0) is 13.1 Å². The molecule has 110 valence electrons. The summed E-state index contributed by atoms with van der Waals surface area (Å²) >= 11 is 0. The minimum absolute atomic E-state index is 0.0866. The van der Waals surface area contributed by atoms with E-state index in [-0.39, 0.29) is 5.46 Å². The first-order chi connectivity index (χ1) is 9.95. The lowest BCUT2D eigenvalue weighted by atomic mass is 9.79. The molecule has 5 heteroatoms. The molecule has 21 heavy (non-hydrogen) atoms. The molecular formula is C16H19BFNO2. The minimum atomic E-state index is -1.79. The zero-order valence-electron chi connectivity index (χ0n) is 12.3. The lowest BCUT2D eigenvalue weighted by molar-refractivity contribution is 0.319. The van der Waals surface area contributed by atoms with Gasteiger partial charge in [0.2, 0.25) is 0 Å². The zero-order valence-corrected chi connectivity index (χ0v) is 12.3. The van der Waals surface area contributed by atoms with Crippen molar-refractivity contribution in [2.45, 2.75) is 20.0 Å². The van der Waals surface area contributed by atoms with E-state index in [0.29, 0.717) is 6.54 Å². The predicted molar refractivity (Wildman–Crippen MR) is 82.6 cm³/mol. The van der Waals surface area contributed by atoms with Crippen molar-refractivity contribution >= 4 is 12.6 Å². The molecule has 0 fully saturated rings. The number of hydrogen-bond acceptors (Lipinski definition) is 3. The molecule has 3 nitrogen and oxygen atoms in total. The molecule has 0 amide bonds. The van der Waals surface area contributed by atoms with Gasteiger partial charge in [-0.05, 0) is 31.2 Å². The summed E-state index contributed by atoms with van der Waals surface area (Å²) in [4.78, 5) is 2.09. The number of nitrogens with zero attached hydrogens (tertiary/aromatic N) is 1. The highest BCUT2D eigenvalue weighted by Gasteiger charge is 2.17. The fourth-order valence-corrected chi connectivity index (χ4v) is 2.38. The SMILES string of the molecule is Cc1cccc(CN(C)Cc2ccc(F)c(B(O)O)c2)c1. The third-order valence-corrected chi connectivity index (χ3v) is 3.33. The molecule has 0 aliphatic carbocycles. The fourth-order valence-electron chi connectivity index (χ4n) is 2.38. The van der Waals surface area contributed by atoms with Gasteiger partial charge < -0.3 is 10.0 Å². The molecule has 2 rings (SSSR count). The van der Waals surface area contributed by atoms with Crippen molar-refractivity contribution in [2.75, 3.05) is 7.05 Å². The second-order valence-corrected chi connectivity index (χ2v) is 5.39. The average Bonchev–Trinajstić information content (AvgIpc) is 2.40. The first-order valence-electron chi connectivity index (χ1n) is 6.84. The van der Waals surface area contributed by atoms with E-state index in [1.165, 1.54) is 23.3 Å². The number of benzene rings is 2. The Hall–Kier alpha value is -1.69. The van der Waals surface area contributed by atoms with Crippen molar-refractivity contribution < 1.29 is 14.4 Å². The summed E-state index contributed by atoms with van der Waals surface area (Å²) in [5.74, 6) is -0.602. The molecule has 2 N–H and O–H groups in total. The second kappa shape index (κ2) is 6.85. The predicted octanol–water partition coefficient (Wildman–Crippen LogP) is 1.45. The Balaban J connectivity index is 2.06. The van der Waals surface area contributed by atoms with Crippen LogP contribution in [-0.4, -0.2) is 29.1 Å². The van der Waals surface area contributed by atoms with Crippen molar-refractivity contribution in [3.05, 3.63) is 65.0 Å². The molecular weight excluding hydrogens is 268 g/mol. The highest BCUT2D eigenvalue weighted by Crippen LogP contribution is 2.10. The molecule has 0 heterocycles. The molecule has 0 unspecified atom stereocenters. The van der Waals surface area contributed by atoms with E-state index < -0.39 is 12.9 Å². The van der Waals surface area contributed by atoms with Crippen LogP contribution in [0.5, 0.6) is 0 Å². The monoisotopic (exact) mass is 287 g/mol. The van der Waals surface area contributed by atoms with Crippen LogP contribution in [0.2, 0.25) is 0 Å². The van der Waals surface area contributed by atoms with E-state index in [4.69, 9.17) is 10.0 Å². The molecule has 0 spiro atoms. The van der Waals surface area contributed by atoms with Crippen LogP contribution in [0.3, 0.4) is 0 Å². The maximum Gasteiger partial charge on any atom is 0.491 e. The van der Waals surface area contributed by atoms with Crippen LogP contribution in [0, 0.1) is 12.7 Å². The van der Waals surface area contributed by atoms with Gasteiger partial charge in [-0.25, -0.2) is 4.39 Å². The Bertz CT molecular complexity index is 619. The summed E-state index contributed by atoms with van der Waals surface area (Å²) in [7, 11) is 0.188. The summed E-state index contributed by atoms with van der Waals surface area (Å²) in [5, 5.41) is 18.3. The van der Waals surface area contributed by atoms with E-state index in [1.807, 2.05) is 13.1 Å². The summed E-state index contributed by atoms with van der Waals surface area (Å²) in [6, 6.07) is 12.7. The number of aryl methyl sites for hydroxylation is 1. The van der Waals surface area contributed by atoms with Gasteiger partial charge in [-0.1, -0.05) is 42.0 Å². The van der Waals surface area contributed by atoms with Gasteiger partial charge in [0.05, 0.1) is 0 Å². The van der Waals surface area contributed by atoms with Gasteiger partial charge in [0.25, 0.3) is 0 Å². The lowest BCUT2D eigenvalue weighted by Gasteiger charge is -2.18. The number of halogens is 1. The Morgan fingerprint density at radius 1 is 1.05 bits per heavy atom. The van der Waals surface area contributed by atoms with Crippen molar-refractivity contribution in [2.24, 2.45) is 0 Å². The van der Waals surface area contributed by atoms with Gasteiger partial charge in [0.15, 0.2) is 0 Å². The largest absolute Gasteiger partial charge is 0.491 e. The number of hydrogen-bond donors (Lipinski definition) is 2. The van der Waals surface area contributed by atoms with E-state index in [1.54, 1.807) is 6.07 Å². The summed E-state index contributed by atoms with van der Waals surface area (Å²) in [6.45, 7) is 3.43. The molecule has 0 radical (unpaired) electrons. The maximum atomic E-state index is 13.4. The first-order valence-corrected chi connectivity index (χ1v) is 6.84. The van der Waals surface area contributed by atoms with E-state index >= 15 is 0 Å². The van der Waals surface area contributed by atoms with Crippen LogP contribution in [0.15, 0.2) is 42.5 Å². The quantitative estimate of drug-likeness (QED) is 0.818. The highest BCUT2D eigenvalue weighted by molar-refractivity contribution is 6.58. The van der Waals surface area contributed by atoms with Gasteiger partial charge in [-0.2, -0.15) is 0 Å². The summed E-state index contributed by atoms with van der Waals surface area (Å²) < 4.78 is 13.4. The molecule has 0 aliphatic heterocycles. The molecule has 2 aromatic carbocycles. The molecule has 0 aromatic heterocycles. The second-order valence-electron chi connectivity index (χ2n) is 5.39. The van der Waals surface area contributed by atoms with Crippen LogP contribution < -0.4 is 5.46 Å². The van der Waals surface area contributed by atoms with Crippen molar-refractivity contribution in [3.63, 3.8) is 0 Å².